The van der Waals surface area contributed by atoms with Gasteiger partial charge >= 0.3 is 6.03 Å². The normalized spacial score (nSPS) is 9.90. The van der Waals surface area contributed by atoms with Crippen LogP contribution in [-0.2, 0) is 17.8 Å². The molecule has 0 heterocycles. The number of hydrogen-bond acceptors (Lipinski definition) is 2. The van der Waals surface area contributed by atoms with Gasteiger partial charge in [-0.2, -0.15) is 0 Å². The molecule has 4 N–H and O–H groups in total. The first-order valence-electron chi connectivity index (χ1n) is 6.59. The number of rotatable bonds is 5. The Balaban J connectivity index is 1.83. The average Bonchev–Trinajstić information content (AvgIpc) is 2.48. The lowest BCUT2D eigenvalue weighted by Gasteiger charge is -2.08. The predicted molar refractivity (Wildman–Crippen MR) is 81.6 cm³/mol. The quantitative estimate of drug-likeness (QED) is 0.784. The summed E-state index contributed by atoms with van der Waals surface area (Å²) in [7, 11) is 0. The van der Waals surface area contributed by atoms with Gasteiger partial charge in [-0.05, 0) is 23.3 Å². The largest absolute Gasteiger partial charge is 0.369 e. The summed E-state index contributed by atoms with van der Waals surface area (Å²) in [6.07, 6.45) is 0.195. The van der Waals surface area contributed by atoms with Crippen molar-refractivity contribution in [1.29, 1.82) is 0 Å². The van der Waals surface area contributed by atoms with Crippen LogP contribution in [0.3, 0.4) is 0 Å². The molecule has 0 atom stereocenters. The van der Waals surface area contributed by atoms with Crippen molar-refractivity contribution in [2.75, 3.05) is 5.32 Å². The van der Waals surface area contributed by atoms with Gasteiger partial charge in [0.15, 0.2) is 0 Å². The van der Waals surface area contributed by atoms with Crippen LogP contribution in [0.2, 0.25) is 0 Å². The highest BCUT2D eigenvalue weighted by molar-refractivity contribution is 5.89. The van der Waals surface area contributed by atoms with Gasteiger partial charge in [-0.25, -0.2) is 4.79 Å². The minimum absolute atomic E-state index is 0.195. The molecule has 0 saturated heterocycles. The molecule has 0 aliphatic rings. The van der Waals surface area contributed by atoms with Crippen LogP contribution in [0.4, 0.5) is 10.5 Å². The molecule has 0 unspecified atom stereocenters. The second kappa shape index (κ2) is 7.09. The van der Waals surface area contributed by atoms with Gasteiger partial charge in [-0.15, -0.1) is 0 Å². The lowest BCUT2D eigenvalue weighted by Crippen LogP contribution is -2.28. The van der Waals surface area contributed by atoms with Crippen LogP contribution in [0.15, 0.2) is 54.6 Å². The van der Waals surface area contributed by atoms with Crippen molar-refractivity contribution in [3.8, 4) is 0 Å². The Morgan fingerprint density at radius 1 is 0.905 bits per heavy atom. The van der Waals surface area contributed by atoms with Gasteiger partial charge in [0, 0.05) is 12.2 Å². The van der Waals surface area contributed by atoms with E-state index >= 15 is 0 Å². The third-order valence-electron chi connectivity index (χ3n) is 2.89. The number of carbonyl (C=O) groups excluding carboxylic acids is 2. The smallest absolute Gasteiger partial charge is 0.319 e. The zero-order valence-corrected chi connectivity index (χ0v) is 11.5. The van der Waals surface area contributed by atoms with Crippen LogP contribution < -0.4 is 16.4 Å². The number of nitrogens with two attached hydrogens (primary N) is 1. The number of nitrogens with one attached hydrogen (secondary N) is 2. The van der Waals surface area contributed by atoms with Gasteiger partial charge in [0.05, 0.1) is 6.42 Å². The van der Waals surface area contributed by atoms with Crippen LogP contribution >= 0.6 is 0 Å². The highest BCUT2D eigenvalue weighted by Crippen LogP contribution is 2.10. The fourth-order valence-electron chi connectivity index (χ4n) is 1.86. The lowest BCUT2D eigenvalue weighted by atomic mass is 10.1. The van der Waals surface area contributed by atoms with Crippen LogP contribution in [0.5, 0.6) is 0 Å². The first-order chi connectivity index (χ1) is 10.1. The molecule has 0 saturated carbocycles. The molecule has 2 rings (SSSR count). The standard InChI is InChI=1S/C16H17N3O2/c17-15(20)10-12-6-8-14(9-7-12)19-16(21)18-11-13-4-2-1-3-5-13/h1-9H,10-11H2,(H2,17,20)(H2,18,19,21). The topological polar surface area (TPSA) is 84.2 Å². The molecule has 5 heteroatoms. The van der Waals surface area contributed by atoms with Crippen molar-refractivity contribution >= 4 is 17.6 Å². The summed E-state index contributed by atoms with van der Waals surface area (Å²) < 4.78 is 0. The Labute approximate surface area is 123 Å². The zero-order valence-electron chi connectivity index (χ0n) is 11.5. The van der Waals surface area contributed by atoms with E-state index in [1.165, 1.54) is 0 Å². The van der Waals surface area contributed by atoms with E-state index in [-0.39, 0.29) is 18.4 Å². The predicted octanol–water partition coefficient (Wildman–Crippen LogP) is 2.04. The number of benzene rings is 2. The number of amides is 3. The molecule has 0 aliphatic heterocycles. The summed E-state index contributed by atoms with van der Waals surface area (Å²) in [5.41, 5.74) is 7.63. The Bertz CT molecular complexity index is 609. The summed E-state index contributed by atoms with van der Waals surface area (Å²) in [6, 6.07) is 16.4. The number of urea groups is 1. The molecule has 3 amide bonds. The van der Waals surface area contributed by atoms with Gasteiger partial charge in [0.25, 0.3) is 0 Å². The van der Waals surface area contributed by atoms with Crippen LogP contribution in [0.25, 0.3) is 0 Å². The second-order valence-electron chi connectivity index (χ2n) is 4.63. The van der Waals surface area contributed by atoms with Crippen molar-refractivity contribution in [3.05, 3.63) is 65.7 Å². The molecule has 21 heavy (non-hydrogen) atoms. The average molecular weight is 283 g/mol. The van der Waals surface area contributed by atoms with Gasteiger partial charge in [0.2, 0.25) is 5.91 Å². The number of hydrogen-bond donors (Lipinski definition) is 3. The maximum atomic E-state index is 11.8. The SMILES string of the molecule is NC(=O)Cc1ccc(NC(=O)NCc2ccccc2)cc1. The van der Waals surface area contributed by atoms with E-state index < -0.39 is 0 Å². The van der Waals surface area contributed by atoms with Crippen LogP contribution in [0.1, 0.15) is 11.1 Å². The van der Waals surface area contributed by atoms with Crippen LogP contribution in [0, 0.1) is 0 Å². The molecule has 0 radical (unpaired) electrons. The molecule has 0 aromatic heterocycles. The van der Waals surface area contributed by atoms with Crippen LogP contribution in [-0.4, -0.2) is 11.9 Å². The molecule has 0 bridgehead atoms. The van der Waals surface area contributed by atoms with E-state index in [0.717, 1.165) is 11.1 Å². The first kappa shape index (κ1) is 14.6. The van der Waals surface area contributed by atoms with E-state index in [2.05, 4.69) is 10.6 Å². The minimum Gasteiger partial charge on any atom is -0.369 e. The Kier molecular flexibility index (Phi) is 4.93. The van der Waals surface area contributed by atoms with Gasteiger partial charge in [-0.3, -0.25) is 4.79 Å². The fraction of sp³-hybridized carbons (Fsp3) is 0.125. The molecular formula is C16H17N3O2. The Morgan fingerprint density at radius 2 is 1.57 bits per heavy atom. The summed E-state index contributed by atoms with van der Waals surface area (Å²) in [5, 5.41) is 5.50. The molecule has 2 aromatic carbocycles. The molecule has 0 fully saturated rings. The lowest BCUT2D eigenvalue weighted by molar-refractivity contribution is -0.117. The highest BCUT2D eigenvalue weighted by Gasteiger charge is 2.03. The van der Waals surface area contributed by atoms with Crippen molar-refractivity contribution < 1.29 is 9.59 Å². The molecular weight excluding hydrogens is 266 g/mol. The molecule has 0 spiro atoms. The number of primary amides is 1. The molecule has 0 aliphatic carbocycles. The maximum absolute atomic E-state index is 11.8. The molecule has 2 aromatic rings. The monoisotopic (exact) mass is 283 g/mol. The van der Waals surface area contributed by atoms with Crippen molar-refractivity contribution in [3.63, 3.8) is 0 Å². The maximum Gasteiger partial charge on any atom is 0.319 e. The Hall–Kier alpha value is -2.82. The summed E-state index contributed by atoms with van der Waals surface area (Å²) in [4.78, 5) is 22.5. The highest BCUT2D eigenvalue weighted by atomic mass is 16.2. The van der Waals surface area contributed by atoms with Gasteiger partial charge < -0.3 is 16.4 Å². The van der Waals surface area contributed by atoms with E-state index in [1.54, 1.807) is 24.3 Å². The van der Waals surface area contributed by atoms with Crippen molar-refractivity contribution in [1.82, 2.24) is 5.32 Å². The minimum atomic E-state index is -0.378. The molecule has 5 nitrogen and oxygen atoms in total. The zero-order chi connectivity index (χ0) is 15.1. The van der Waals surface area contributed by atoms with E-state index in [4.69, 9.17) is 5.73 Å². The summed E-state index contributed by atoms with van der Waals surface area (Å²) >= 11 is 0. The van der Waals surface area contributed by atoms with E-state index in [0.29, 0.717) is 12.2 Å². The van der Waals surface area contributed by atoms with E-state index in [1.807, 2.05) is 30.3 Å². The third kappa shape index (κ3) is 4.99. The van der Waals surface area contributed by atoms with E-state index in [9.17, 15) is 9.59 Å². The summed E-state index contributed by atoms with van der Waals surface area (Å²) in [6.45, 7) is 0.465. The van der Waals surface area contributed by atoms with Gasteiger partial charge in [0.1, 0.15) is 0 Å². The van der Waals surface area contributed by atoms with Gasteiger partial charge in [-0.1, -0.05) is 42.5 Å². The van der Waals surface area contributed by atoms with Crippen molar-refractivity contribution in [2.24, 2.45) is 5.73 Å². The third-order valence-corrected chi connectivity index (χ3v) is 2.89. The fourth-order valence-corrected chi connectivity index (χ4v) is 1.86. The first-order valence-corrected chi connectivity index (χ1v) is 6.59. The number of carbonyl (C=O) groups is 2. The summed E-state index contributed by atoms with van der Waals surface area (Å²) in [5.74, 6) is -0.378. The molecule has 108 valence electrons. The second-order valence-corrected chi connectivity index (χ2v) is 4.63. The van der Waals surface area contributed by atoms with Crippen molar-refractivity contribution in [2.45, 2.75) is 13.0 Å². The number of anilines is 1. The Morgan fingerprint density at radius 3 is 2.19 bits per heavy atom.